The highest BCUT2D eigenvalue weighted by Gasteiger charge is 2.47. The SMILES string of the molecule is COc1ccc(F)c(CN2CCN(CC3CC3)[C@@H]3CS(=O)(=O)C[C@@H]32)c1. The Morgan fingerprint density at radius 3 is 2.52 bits per heavy atom. The molecule has 1 aromatic rings. The molecule has 7 heteroatoms. The zero-order valence-electron chi connectivity index (χ0n) is 14.5. The highest BCUT2D eigenvalue weighted by Crippen LogP contribution is 2.34. The highest BCUT2D eigenvalue weighted by atomic mass is 32.2. The van der Waals surface area contributed by atoms with E-state index in [1.807, 2.05) is 0 Å². The van der Waals surface area contributed by atoms with E-state index >= 15 is 0 Å². The summed E-state index contributed by atoms with van der Waals surface area (Å²) < 4.78 is 43.9. The first kappa shape index (κ1) is 17.2. The van der Waals surface area contributed by atoms with Crippen molar-refractivity contribution in [3.8, 4) is 5.75 Å². The van der Waals surface area contributed by atoms with E-state index in [-0.39, 0.29) is 29.4 Å². The van der Waals surface area contributed by atoms with Gasteiger partial charge in [-0.3, -0.25) is 9.80 Å². The summed E-state index contributed by atoms with van der Waals surface area (Å²) in [5.41, 5.74) is 0.568. The van der Waals surface area contributed by atoms with Crippen molar-refractivity contribution >= 4 is 9.84 Å². The smallest absolute Gasteiger partial charge is 0.153 e. The molecule has 0 amide bonds. The number of ether oxygens (including phenoxy) is 1. The molecule has 2 saturated heterocycles. The second-order valence-corrected chi connectivity index (χ2v) is 9.73. The molecular weight excluding hydrogens is 343 g/mol. The third kappa shape index (κ3) is 3.68. The van der Waals surface area contributed by atoms with Crippen LogP contribution in [0.4, 0.5) is 4.39 Å². The molecule has 0 bridgehead atoms. The Hall–Kier alpha value is -1.18. The van der Waals surface area contributed by atoms with Crippen molar-refractivity contribution in [2.75, 3.05) is 38.2 Å². The number of piperazine rings is 1. The van der Waals surface area contributed by atoms with Gasteiger partial charge in [0.1, 0.15) is 11.6 Å². The van der Waals surface area contributed by atoms with Crippen LogP contribution in [0.1, 0.15) is 18.4 Å². The standard InChI is InChI=1S/C18H25FN2O3S/c1-24-15-4-5-16(19)14(8-15)10-21-7-6-20(9-13-2-3-13)17-11-25(22,23)12-18(17)21/h4-5,8,13,17-18H,2-3,6-7,9-12H2,1H3/t17-,18+/m1/s1. The van der Waals surface area contributed by atoms with Gasteiger partial charge in [-0.05, 0) is 37.0 Å². The zero-order valence-corrected chi connectivity index (χ0v) is 15.3. The fourth-order valence-corrected chi connectivity index (χ4v) is 6.21. The molecule has 1 aromatic carbocycles. The molecular formula is C18H25FN2O3S. The average molecular weight is 368 g/mol. The van der Waals surface area contributed by atoms with Gasteiger partial charge in [0, 0.05) is 43.8 Å². The number of halogens is 1. The molecule has 1 saturated carbocycles. The van der Waals surface area contributed by atoms with Gasteiger partial charge >= 0.3 is 0 Å². The maximum atomic E-state index is 14.2. The van der Waals surface area contributed by atoms with E-state index in [9.17, 15) is 12.8 Å². The van der Waals surface area contributed by atoms with Crippen LogP contribution in [0, 0.1) is 11.7 Å². The molecule has 1 aliphatic carbocycles. The Morgan fingerprint density at radius 1 is 1.16 bits per heavy atom. The van der Waals surface area contributed by atoms with E-state index in [1.54, 1.807) is 19.2 Å². The number of hydrogen-bond acceptors (Lipinski definition) is 5. The summed E-state index contributed by atoms with van der Waals surface area (Å²) >= 11 is 0. The quantitative estimate of drug-likeness (QED) is 0.789. The van der Waals surface area contributed by atoms with Gasteiger partial charge in [-0.1, -0.05) is 0 Å². The van der Waals surface area contributed by atoms with Crippen LogP contribution in [0.25, 0.3) is 0 Å². The van der Waals surface area contributed by atoms with Gasteiger partial charge in [0.15, 0.2) is 9.84 Å². The molecule has 4 rings (SSSR count). The predicted molar refractivity (Wildman–Crippen MR) is 93.9 cm³/mol. The summed E-state index contributed by atoms with van der Waals surface area (Å²) in [5, 5.41) is 0. The van der Waals surface area contributed by atoms with Crippen molar-refractivity contribution in [2.45, 2.75) is 31.5 Å². The Labute approximate surface area is 148 Å². The fraction of sp³-hybridized carbons (Fsp3) is 0.667. The van der Waals surface area contributed by atoms with E-state index in [1.165, 1.54) is 18.9 Å². The van der Waals surface area contributed by atoms with Crippen molar-refractivity contribution in [1.29, 1.82) is 0 Å². The minimum Gasteiger partial charge on any atom is -0.497 e. The maximum absolute atomic E-state index is 14.2. The van der Waals surface area contributed by atoms with E-state index < -0.39 is 9.84 Å². The van der Waals surface area contributed by atoms with E-state index in [0.717, 1.165) is 25.6 Å². The lowest BCUT2D eigenvalue weighted by Crippen LogP contribution is -2.59. The van der Waals surface area contributed by atoms with Gasteiger partial charge in [-0.2, -0.15) is 0 Å². The number of benzene rings is 1. The Balaban J connectivity index is 1.54. The Morgan fingerprint density at radius 2 is 1.84 bits per heavy atom. The van der Waals surface area contributed by atoms with Crippen LogP contribution in [0.3, 0.4) is 0 Å². The first-order chi connectivity index (χ1) is 11.9. The number of hydrogen-bond donors (Lipinski definition) is 0. The summed E-state index contributed by atoms with van der Waals surface area (Å²) in [6.07, 6.45) is 2.53. The topological polar surface area (TPSA) is 49.9 Å². The molecule has 2 aliphatic heterocycles. The summed E-state index contributed by atoms with van der Waals surface area (Å²) in [5.74, 6) is 1.52. The van der Waals surface area contributed by atoms with Gasteiger partial charge in [0.2, 0.25) is 0 Å². The number of nitrogens with zero attached hydrogens (tertiary/aromatic N) is 2. The van der Waals surface area contributed by atoms with Crippen LogP contribution in [-0.4, -0.2) is 68.6 Å². The van der Waals surface area contributed by atoms with Crippen molar-refractivity contribution < 1.29 is 17.5 Å². The normalized spacial score (nSPS) is 29.5. The van der Waals surface area contributed by atoms with Crippen LogP contribution >= 0.6 is 0 Å². The van der Waals surface area contributed by atoms with Gasteiger partial charge in [-0.15, -0.1) is 0 Å². The predicted octanol–water partition coefficient (Wildman–Crippen LogP) is 1.53. The summed E-state index contributed by atoms with van der Waals surface area (Å²) in [7, 11) is -1.46. The lowest BCUT2D eigenvalue weighted by molar-refractivity contribution is 0.0370. The van der Waals surface area contributed by atoms with Gasteiger partial charge < -0.3 is 4.74 Å². The molecule has 0 radical (unpaired) electrons. The maximum Gasteiger partial charge on any atom is 0.153 e. The first-order valence-corrected chi connectivity index (χ1v) is 10.8. The van der Waals surface area contributed by atoms with Crippen LogP contribution < -0.4 is 4.74 Å². The summed E-state index contributed by atoms with van der Waals surface area (Å²) in [6.45, 7) is 3.08. The second-order valence-electron chi connectivity index (χ2n) is 7.58. The number of methoxy groups -OCH3 is 1. The third-order valence-electron chi connectivity index (χ3n) is 5.72. The van der Waals surface area contributed by atoms with Crippen LogP contribution in [0.15, 0.2) is 18.2 Å². The van der Waals surface area contributed by atoms with Crippen LogP contribution in [0.2, 0.25) is 0 Å². The molecule has 0 spiro atoms. The first-order valence-electron chi connectivity index (χ1n) is 8.96. The number of fused-ring (bicyclic) bond motifs is 1. The second kappa shape index (κ2) is 6.52. The van der Waals surface area contributed by atoms with Crippen LogP contribution in [0.5, 0.6) is 5.75 Å². The zero-order chi connectivity index (χ0) is 17.6. The average Bonchev–Trinajstić information content (AvgIpc) is 3.32. The molecule has 0 N–H and O–H groups in total. The molecule has 0 unspecified atom stereocenters. The minimum atomic E-state index is -3.03. The van der Waals surface area contributed by atoms with E-state index in [0.29, 0.717) is 17.9 Å². The molecule has 2 heterocycles. The van der Waals surface area contributed by atoms with Gasteiger partial charge in [-0.25, -0.2) is 12.8 Å². The van der Waals surface area contributed by atoms with Crippen molar-refractivity contribution in [3.05, 3.63) is 29.6 Å². The van der Waals surface area contributed by atoms with E-state index in [2.05, 4.69) is 9.80 Å². The van der Waals surface area contributed by atoms with Crippen molar-refractivity contribution in [1.82, 2.24) is 9.80 Å². The van der Waals surface area contributed by atoms with Crippen LogP contribution in [-0.2, 0) is 16.4 Å². The van der Waals surface area contributed by atoms with Crippen molar-refractivity contribution in [2.24, 2.45) is 5.92 Å². The lowest BCUT2D eigenvalue weighted by atomic mass is 10.0. The number of sulfone groups is 1. The van der Waals surface area contributed by atoms with Gasteiger partial charge in [0.25, 0.3) is 0 Å². The van der Waals surface area contributed by atoms with Crippen molar-refractivity contribution in [3.63, 3.8) is 0 Å². The molecule has 3 fully saturated rings. The highest BCUT2D eigenvalue weighted by molar-refractivity contribution is 7.91. The summed E-state index contributed by atoms with van der Waals surface area (Å²) in [4.78, 5) is 4.52. The minimum absolute atomic E-state index is 0.0388. The monoisotopic (exact) mass is 368 g/mol. The fourth-order valence-electron chi connectivity index (χ4n) is 4.17. The largest absolute Gasteiger partial charge is 0.497 e. The van der Waals surface area contributed by atoms with E-state index in [4.69, 9.17) is 4.74 Å². The lowest BCUT2D eigenvalue weighted by Gasteiger charge is -2.44. The molecule has 138 valence electrons. The Kier molecular flexibility index (Phi) is 4.50. The molecule has 5 nitrogen and oxygen atoms in total. The molecule has 2 atom stereocenters. The Bertz CT molecular complexity index is 751. The molecule has 3 aliphatic rings. The molecule has 0 aromatic heterocycles. The third-order valence-corrected chi connectivity index (χ3v) is 7.42. The van der Waals surface area contributed by atoms with Gasteiger partial charge in [0.05, 0.1) is 18.6 Å². The molecule has 25 heavy (non-hydrogen) atoms. The number of rotatable bonds is 5. The summed E-state index contributed by atoms with van der Waals surface area (Å²) in [6, 6.07) is 4.75.